The van der Waals surface area contributed by atoms with E-state index in [2.05, 4.69) is 26.1 Å². The van der Waals surface area contributed by atoms with Gasteiger partial charge in [-0.1, -0.05) is 33.6 Å². The molecule has 0 amide bonds. The number of nitrogens with zero attached hydrogens (tertiary/aromatic N) is 1. The largest absolute Gasteiger partial charge is 0.459 e. The summed E-state index contributed by atoms with van der Waals surface area (Å²) < 4.78 is 32.6. The Hall–Kier alpha value is -2.25. The molecule has 1 aromatic heterocycles. The van der Waals surface area contributed by atoms with Crippen molar-refractivity contribution in [1.29, 1.82) is 0 Å². The Balaban J connectivity index is 1.85. The van der Waals surface area contributed by atoms with E-state index in [1.54, 1.807) is 12.1 Å². The lowest BCUT2D eigenvalue weighted by Crippen LogP contribution is -2.07. The summed E-state index contributed by atoms with van der Waals surface area (Å²) in [5, 5.41) is 6.94. The average molecular weight is 442 g/mol. The van der Waals surface area contributed by atoms with Crippen molar-refractivity contribution in [2.75, 3.05) is 0 Å². The van der Waals surface area contributed by atoms with Crippen molar-refractivity contribution in [3.05, 3.63) is 74.9 Å². The highest BCUT2D eigenvalue weighted by atomic mass is 79.9. The van der Waals surface area contributed by atoms with Crippen LogP contribution in [0.25, 0.3) is 11.3 Å². The van der Waals surface area contributed by atoms with Crippen molar-refractivity contribution in [2.24, 2.45) is 0 Å². The van der Waals surface area contributed by atoms with Gasteiger partial charge in [0.15, 0.2) is 0 Å². The summed E-state index contributed by atoms with van der Waals surface area (Å²) in [7, 11) is 0. The zero-order valence-electron chi connectivity index (χ0n) is 13.2. The van der Waals surface area contributed by atoms with Crippen molar-refractivity contribution in [3.63, 3.8) is 0 Å². The molecule has 0 aliphatic carbocycles. The van der Waals surface area contributed by atoms with Crippen LogP contribution in [0.4, 0.5) is 8.78 Å². The van der Waals surface area contributed by atoms with Gasteiger partial charge in [0, 0.05) is 16.5 Å². The Kier molecular flexibility index (Phi) is 5.68. The predicted octanol–water partition coefficient (Wildman–Crippen LogP) is 5.23. The molecule has 0 spiro atoms. The van der Waals surface area contributed by atoms with Crippen molar-refractivity contribution >= 4 is 34.0 Å². The van der Waals surface area contributed by atoms with E-state index in [1.165, 1.54) is 30.3 Å². The number of ether oxygens (including phenoxy) is 1. The first-order chi connectivity index (χ1) is 12.5. The van der Waals surface area contributed by atoms with E-state index < -0.39 is 11.9 Å². The second kappa shape index (κ2) is 7.97. The number of benzene rings is 2. The van der Waals surface area contributed by atoms with Crippen LogP contribution >= 0.6 is 27.5 Å². The summed E-state index contributed by atoms with van der Waals surface area (Å²) in [6.07, 6.45) is -0.436. The summed E-state index contributed by atoms with van der Waals surface area (Å²) in [4.78, 5) is 10.8. The molecule has 4 nitrogen and oxygen atoms in total. The molecule has 3 aromatic rings. The molecule has 1 unspecified atom stereocenters. The van der Waals surface area contributed by atoms with Gasteiger partial charge in [0.25, 0.3) is 6.47 Å². The third-order valence-corrected chi connectivity index (χ3v) is 4.48. The first-order valence-corrected chi connectivity index (χ1v) is 8.68. The van der Waals surface area contributed by atoms with Crippen molar-refractivity contribution in [1.82, 2.24) is 10.2 Å². The standard InChI is InChI=1S/C18H12BrClF2N2O2/c19-12-3-11(4-13(21)6-12)17-7-14(23-24-17)8-18(26-9-25)10-1-2-16(22)15(20)5-10/h1-7,9,18H,8H2,(H,23,24). The van der Waals surface area contributed by atoms with Gasteiger partial charge in [0.1, 0.15) is 17.7 Å². The van der Waals surface area contributed by atoms with Crippen LogP contribution < -0.4 is 0 Å². The van der Waals surface area contributed by atoms with Crippen LogP contribution in [0.3, 0.4) is 0 Å². The van der Waals surface area contributed by atoms with E-state index in [0.29, 0.717) is 33.5 Å². The summed E-state index contributed by atoms with van der Waals surface area (Å²) in [5.74, 6) is -0.937. The minimum atomic E-state index is -0.680. The number of hydrogen-bond donors (Lipinski definition) is 1. The summed E-state index contributed by atoms with van der Waals surface area (Å²) in [6, 6.07) is 10.3. The van der Waals surface area contributed by atoms with Gasteiger partial charge in [0.2, 0.25) is 0 Å². The maximum Gasteiger partial charge on any atom is 0.293 e. The van der Waals surface area contributed by atoms with Crippen LogP contribution in [0.2, 0.25) is 5.02 Å². The summed E-state index contributed by atoms with van der Waals surface area (Å²) in [6.45, 7) is 0.319. The number of nitrogens with one attached hydrogen (secondary N) is 1. The van der Waals surface area contributed by atoms with E-state index in [1.807, 2.05) is 0 Å². The SMILES string of the molecule is O=COC(Cc1cc(-c2cc(F)cc(Br)c2)[nH]n1)c1ccc(F)c(Cl)c1. The number of H-pyrrole nitrogens is 1. The molecule has 1 heterocycles. The van der Waals surface area contributed by atoms with Crippen LogP contribution in [-0.2, 0) is 16.0 Å². The minimum Gasteiger partial charge on any atom is -0.459 e. The van der Waals surface area contributed by atoms with E-state index in [4.69, 9.17) is 16.3 Å². The van der Waals surface area contributed by atoms with Gasteiger partial charge in [-0.05, 0) is 42.0 Å². The zero-order chi connectivity index (χ0) is 18.7. The number of aromatic amines is 1. The maximum absolute atomic E-state index is 13.6. The quantitative estimate of drug-likeness (QED) is 0.533. The molecule has 26 heavy (non-hydrogen) atoms. The average Bonchev–Trinajstić information content (AvgIpc) is 3.05. The number of hydrogen-bond acceptors (Lipinski definition) is 3. The lowest BCUT2D eigenvalue weighted by Gasteiger charge is -2.14. The van der Waals surface area contributed by atoms with E-state index in [9.17, 15) is 13.6 Å². The molecule has 1 atom stereocenters. The molecule has 0 aliphatic heterocycles. The van der Waals surface area contributed by atoms with Crippen molar-refractivity contribution < 1.29 is 18.3 Å². The van der Waals surface area contributed by atoms with Gasteiger partial charge in [-0.2, -0.15) is 5.10 Å². The zero-order valence-corrected chi connectivity index (χ0v) is 15.5. The number of aromatic nitrogens is 2. The summed E-state index contributed by atoms with van der Waals surface area (Å²) >= 11 is 9.04. The summed E-state index contributed by atoms with van der Waals surface area (Å²) in [5.41, 5.74) is 2.37. The molecule has 1 N–H and O–H groups in total. The van der Waals surface area contributed by atoms with E-state index >= 15 is 0 Å². The molecule has 0 bridgehead atoms. The van der Waals surface area contributed by atoms with Crippen LogP contribution in [0.5, 0.6) is 0 Å². The third-order valence-electron chi connectivity index (χ3n) is 3.73. The van der Waals surface area contributed by atoms with Crippen molar-refractivity contribution in [2.45, 2.75) is 12.5 Å². The molecule has 8 heteroatoms. The van der Waals surface area contributed by atoms with Gasteiger partial charge in [-0.15, -0.1) is 0 Å². The number of halogens is 4. The fourth-order valence-electron chi connectivity index (χ4n) is 2.54. The molecule has 2 aromatic carbocycles. The Bertz CT molecular complexity index is 928. The molecule has 0 aliphatic rings. The fourth-order valence-corrected chi connectivity index (χ4v) is 3.19. The van der Waals surface area contributed by atoms with Crippen LogP contribution in [-0.4, -0.2) is 16.7 Å². The van der Waals surface area contributed by atoms with Gasteiger partial charge >= 0.3 is 0 Å². The lowest BCUT2D eigenvalue weighted by atomic mass is 10.0. The maximum atomic E-state index is 13.6. The molecule has 0 fully saturated rings. The van der Waals surface area contributed by atoms with Gasteiger partial charge < -0.3 is 4.74 Å². The van der Waals surface area contributed by atoms with Crippen LogP contribution in [0.15, 0.2) is 46.9 Å². The normalized spacial score (nSPS) is 12.0. The van der Waals surface area contributed by atoms with Crippen LogP contribution in [0.1, 0.15) is 17.4 Å². The Morgan fingerprint density at radius 3 is 2.73 bits per heavy atom. The first kappa shape index (κ1) is 18.5. The smallest absolute Gasteiger partial charge is 0.293 e. The Labute approximate surface area is 161 Å². The predicted molar refractivity (Wildman–Crippen MR) is 96.7 cm³/mol. The number of rotatable bonds is 6. The number of carbonyl (C=O) groups excluding carboxylic acids is 1. The van der Waals surface area contributed by atoms with Crippen LogP contribution in [0, 0.1) is 11.6 Å². The van der Waals surface area contributed by atoms with E-state index in [-0.39, 0.29) is 17.3 Å². The van der Waals surface area contributed by atoms with Gasteiger partial charge in [-0.3, -0.25) is 9.89 Å². The fraction of sp³-hybridized carbons (Fsp3) is 0.111. The topological polar surface area (TPSA) is 55.0 Å². The first-order valence-electron chi connectivity index (χ1n) is 7.51. The molecular formula is C18H12BrClF2N2O2. The minimum absolute atomic E-state index is 0.0608. The van der Waals surface area contributed by atoms with E-state index in [0.717, 1.165) is 0 Å². The third kappa shape index (κ3) is 4.28. The molecule has 0 radical (unpaired) electrons. The van der Waals surface area contributed by atoms with Gasteiger partial charge in [-0.25, -0.2) is 8.78 Å². The monoisotopic (exact) mass is 440 g/mol. The number of carbonyl (C=O) groups is 1. The van der Waals surface area contributed by atoms with Gasteiger partial charge in [0.05, 0.1) is 16.4 Å². The molecular weight excluding hydrogens is 430 g/mol. The molecule has 3 rings (SSSR count). The van der Waals surface area contributed by atoms with Crippen molar-refractivity contribution in [3.8, 4) is 11.3 Å². The lowest BCUT2D eigenvalue weighted by molar-refractivity contribution is -0.133. The highest BCUT2D eigenvalue weighted by Gasteiger charge is 2.17. The second-order valence-corrected chi connectivity index (χ2v) is 6.85. The Morgan fingerprint density at radius 1 is 1.23 bits per heavy atom. The second-order valence-electron chi connectivity index (χ2n) is 5.53. The Morgan fingerprint density at radius 2 is 2.04 bits per heavy atom. The molecule has 0 saturated carbocycles. The highest BCUT2D eigenvalue weighted by Crippen LogP contribution is 2.28. The molecule has 0 saturated heterocycles. The molecule has 134 valence electrons. The highest BCUT2D eigenvalue weighted by molar-refractivity contribution is 9.10.